The number of carbonyl (C=O) groups is 4. The molecule has 1 heterocycles. The Balaban J connectivity index is 1.41. The van der Waals surface area contributed by atoms with E-state index in [2.05, 4.69) is 10.6 Å². The Kier molecular flexibility index (Phi) is 8.55. The van der Waals surface area contributed by atoms with Crippen molar-refractivity contribution in [3.63, 3.8) is 0 Å². The number of nitrogens with zero attached hydrogens (tertiary/aromatic N) is 1. The highest BCUT2D eigenvalue weighted by Gasteiger charge is 2.39. The number of hydrogen-bond acceptors (Lipinski definition) is 6. The molecule has 3 aromatic carbocycles. The molecule has 4 rings (SSSR count). The largest absolute Gasteiger partial charge is 0.462 e. The van der Waals surface area contributed by atoms with Crippen LogP contribution in [0.2, 0.25) is 0 Å². The Morgan fingerprint density at radius 2 is 1.63 bits per heavy atom. The second-order valence-corrected chi connectivity index (χ2v) is 8.89. The van der Waals surface area contributed by atoms with Gasteiger partial charge in [0.2, 0.25) is 0 Å². The van der Waals surface area contributed by atoms with Crippen LogP contribution in [0.25, 0.3) is 0 Å². The summed E-state index contributed by atoms with van der Waals surface area (Å²) in [5.74, 6) is -2.10. The van der Waals surface area contributed by atoms with E-state index in [4.69, 9.17) is 16.3 Å². The molecular formula is C29H26ClN3O5. The van der Waals surface area contributed by atoms with Gasteiger partial charge in [-0.3, -0.25) is 14.4 Å². The van der Waals surface area contributed by atoms with Crippen molar-refractivity contribution in [3.05, 3.63) is 106 Å². The molecule has 0 spiro atoms. The SMILES string of the molecule is CCCOC(=O)c1ccc(N2C(=O)C(Cl)=C(Nc3cccc(C(=O)NCCc4ccccc4)c3)C2=O)cc1. The van der Waals surface area contributed by atoms with Crippen LogP contribution < -0.4 is 15.5 Å². The lowest BCUT2D eigenvalue weighted by atomic mass is 10.1. The number of halogens is 1. The van der Waals surface area contributed by atoms with Gasteiger partial charge in [0.25, 0.3) is 17.7 Å². The van der Waals surface area contributed by atoms with Gasteiger partial charge in [0.05, 0.1) is 17.9 Å². The summed E-state index contributed by atoms with van der Waals surface area (Å²) in [5, 5.41) is 5.48. The van der Waals surface area contributed by atoms with Crippen LogP contribution in [0.1, 0.15) is 39.6 Å². The van der Waals surface area contributed by atoms with Gasteiger partial charge in [0.15, 0.2) is 0 Å². The summed E-state index contributed by atoms with van der Waals surface area (Å²) in [7, 11) is 0. The number of esters is 1. The van der Waals surface area contributed by atoms with Crippen LogP contribution >= 0.6 is 11.6 Å². The third kappa shape index (κ3) is 6.10. The minimum atomic E-state index is -0.699. The minimum Gasteiger partial charge on any atom is -0.462 e. The molecule has 0 radical (unpaired) electrons. The summed E-state index contributed by atoms with van der Waals surface area (Å²) < 4.78 is 5.10. The van der Waals surface area contributed by atoms with Crippen LogP contribution in [0.3, 0.4) is 0 Å². The van der Waals surface area contributed by atoms with Crippen LogP contribution in [0.15, 0.2) is 89.6 Å². The van der Waals surface area contributed by atoms with Crippen molar-refractivity contribution in [2.45, 2.75) is 19.8 Å². The maximum atomic E-state index is 13.1. The van der Waals surface area contributed by atoms with E-state index in [1.165, 1.54) is 24.3 Å². The molecule has 0 aliphatic carbocycles. The fraction of sp³-hybridized carbons (Fsp3) is 0.172. The van der Waals surface area contributed by atoms with Gasteiger partial charge in [-0.2, -0.15) is 0 Å². The van der Waals surface area contributed by atoms with Crippen molar-refractivity contribution in [1.82, 2.24) is 5.32 Å². The number of ether oxygens (including phenoxy) is 1. The van der Waals surface area contributed by atoms with E-state index < -0.39 is 17.8 Å². The number of anilines is 2. The molecule has 3 amide bonds. The smallest absolute Gasteiger partial charge is 0.338 e. The van der Waals surface area contributed by atoms with Gasteiger partial charge in [0, 0.05) is 17.8 Å². The van der Waals surface area contributed by atoms with Crippen molar-refractivity contribution in [2.75, 3.05) is 23.4 Å². The first-order valence-electron chi connectivity index (χ1n) is 12.1. The van der Waals surface area contributed by atoms with Crippen LogP contribution in [-0.4, -0.2) is 36.8 Å². The van der Waals surface area contributed by atoms with Gasteiger partial charge in [0.1, 0.15) is 10.7 Å². The Morgan fingerprint density at radius 3 is 2.34 bits per heavy atom. The quantitative estimate of drug-likeness (QED) is 0.291. The first-order chi connectivity index (χ1) is 18.4. The molecule has 8 nitrogen and oxygen atoms in total. The lowest BCUT2D eigenvalue weighted by Gasteiger charge is -2.15. The van der Waals surface area contributed by atoms with E-state index in [1.807, 2.05) is 37.3 Å². The zero-order valence-corrected chi connectivity index (χ0v) is 21.5. The van der Waals surface area contributed by atoms with Gasteiger partial charge in [-0.15, -0.1) is 0 Å². The average Bonchev–Trinajstić information content (AvgIpc) is 3.15. The van der Waals surface area contributed by atoms with Crippen molar-refractivity contribution in [3.8, 4) is 0 Å². The normalized spacial score (nSPS) is 13.1. The minimum absolute atomic E-state index is 0.107. The van der Waals surface area contributed by atoms with E-state index in [0.717, 1.165) is 10.5 Å². The van der Waals surface area contributed by atoms with Crippen molar-refractivity contribution in [2.24, 2.45) is 0 Å². The topological polar surface area (TPSA) is 105 Å². The first kappa shape index (κ1) is 26.6. The molecule has 194 valence electrons. The predicted molar refractivity (Wildman–Crippen MR) is 145 cm³/mol. The summed E-state index contributed by atoms with van der Waals surface area (Å²) in [4.78, 5) is 51.5. The molecule has 0 atom stereocenters. The molecule has 0 aromatic heterocycles. The molecule has 0 unspecified atom stereocenters. The highest BCUT2D eigenvalue weighted by Crippen LogP contribution is 2.30. The standard InChI is InChI=1S/C29H26ClN3O5/c1-2-17-38-29(37)20-11-13-23(14-12-20)33-27(35)24(30)25(28(33)36)32-22-10-6-9-21(18-22)26(34)31-16-15-19-7-4-3-5-8-19/h3-14,18,32H,2,15-17H2,1H3,(H,31,34). The molecule has 0 saturated heterocycles. The van der Waals surface area contributed by atoms with Crippen LogP contribution in [0.4, 0.5) is 11.4 Å². The van der Waals surface area contributed by atoms with Crippen LogP contribution in [0, 0.1) is 0 Å². The fourth-order valence-corrected chi connectivity index (χ4v) is 4.03. The molecule has 3 aromatic rings. The summed E-state index contributed by atoms with van der Waals surface area (Å²) in [6.45, 7) is 2.66. The molecule has 0 bridgehead atoms. The van der Waals surface area contributed by atoms with E-state index in [1.54, 1.807) is 24.3 Å². The highest BCUT2D eigenvalue weighted by atomic mass is 35.5. The zero-order chi connectivity index (χ0) is 27.1. The Bertz CT molecular complexity index is 1390. The molecule has 0 fully saturated rings. The highest BCUT2D eigenvalue weighted by molar-refractivity contribution is 6.53. The first-order valence-corrected chi connectivity index (χ1v) is 12.5. The molecule has 9 heteroatoms. The fourth-order valence-electron chi connectivity index (χ4n) is 3.82. The van der Waals surface area contributed by atoms with E-state index >= 15 is 0 Å². The Labute approximate surface area is 225 Å². The number of benzene rings is 3. The number of nitrogens with one attached hydrogen (secondary N) is 2. The van der Waals surface area contributed by atoms with Gasteiger partial charge >= 0.3 is 5.97 Å². The Hall–Kier alpha value is -4.43. The van der Waals surface area contributed by atoms with Crippen LogP contribution in [0.5, 0.6) is 0 Å². The number of carbonyl (C=O) groups excluding carboxylic acids is 4. The number of amides is 3. The molecule has 1 aliphatic heterocycles. The van der Waals surface area contributed by atoms with Crippen molar-refractivity contribution >= 4 is 46.7 Å². The Morgan fingerprint density at radius 1 is 0.895 bits per heavy atom. The van der Waals surface area contributed by atoms with E-state index in [0.29, 0.717) is 42.8 Å². The predicted octanol–water partition coefficient (Wildman–Crippen LogP) is 4.66. The number of imide groups is 1. The summed E-state index contributed by atoms with van der Waals surface area (Å²) in [6.07, 6.45) is 1.39. The van der Waals surface area contributed by atoms with Gasteiger partial charge in [-0.1, -0.05) is 54.9 Å². The summed E-state index contributed by atoms with van der Waals surface area (Å²) >= 11 is 6.24. The van der Waals surface area contributed by atoms with Gasteiger partial charge in [-0.25, -0.2) is 9.69 Å². The van der Waals surface area contributed by atoms with Crippen LogP contribution in [-0.2, 0) is 20.7 Å². The van der Waals surface area contributed by atoms with E-state index in [-0.39, 0.29) is 22.3 Å². The molecule has 38 heavy (non-hydrogen) atoms. The monoisotopic (exact) mass is 531 g/mol. The zero-order valence-electron chi connectivity index (χ0n) is 20.7. The second-order valence-electron chi connectivity index (χ2n) is 8.51. The second kappa shape index (κ2) is 12.2. The van der Waals surface area contributed by atoms with E-state index in [9.17, 15) is 19.2 Å². The molecule has 0 saturated carbocycles. The van der Waals surface area contributed by atoms with Crippen molar-refractivity contribution in [1.29, 1.82) is 0 Å². The third-order valence-electron chi connectivity index (χ3n) is 5.76. The van der Waals surface area contributed by atoms with Crippen molar-refractivity contribution < 1.29 is 23.9 Å². The summed E-state index contributed by atoms with van der Waals surface area (Å²) in [6, 6.07) is 22.3. The maximum absolute atomic E-state index is 13.1. The molecule has 1 aliphatic rings. The number of hydrogen-bond donors (Lipinski definition) is 2. The average molecular weight is 532 g/mol. The van der Waals surface area contributed by atoms with Gasteiger partial charge < -0.3 is 15.4 Å². The van der Waals surface area contributed by atoms with Gasteiger partial charge in [-0.05, 0) is 60.9 Å². The molecule has 2 N–H and O–H groups in total. The lowest BCUT2D eigenvalue weighted by molar-refractivity contribution is -0.120. The number of rotatable bonds is 10. The lowest BCUT2D eigenvalue weighted by Crippen LogP contribution is -2.32. The maximum Gasteiger partial charge on any atom is 0.338 e. The molecular weight excluding hydrogens is 506 g/mol. The summed E-state index contributed by atoms with van der Waals surface area (Å²) in [5.41, 5.74) is 2.38. The third-order valence-corrected chi connectivity index (χ3v) is 6.11.